The average Bonchev–Trinajstić information content (AvgIpc) is 3.65. The van der Waals surface area contributed by atoms with Gasteiger partial charge in [-0.05, 0) is 82.9 Å². The maximum atomic E-state index is 12.4. The monoisotopic (exact) mass is 859 g/mol. The van der Waals surface area contributed by atoms with Gasteiger partial charge >= 0.3 is 5.97 Å². The lowest BCUT2D eigenvalue weighted by Gasteiger charge is -2.43. The second kappa shape index (κ2) is 17.8. The molecule has 1 fully saturated rings. The quantitative estimate of drug-likeness (QED) is 0.0480. The number of unbranched alkanes of at least 4 members (excludes halogenated alkanes) is 2. The minimum atomic E-state index is -4.68. The molecule has 0 radical (unpaired) electrons. The van der Waals surface area contributed by atoms with Gasteiger partial charge in [-0.25, -0.2) is 13.2 Å². The van der Waals surface area contributed by atoms with Crippen LogP contribution < -0.4 is 9.64 Å². The first-order valence-electron chi connectivity index (χ1n) is 21.0. The van der Waals surface area contributed by atoms with Crippen LogP contribution in [0.3, 0.4) is 0 Å². The van der Waals surface area contributed by atoms with E-state index in [9.17, 15) is 27.4 Å². The fourth-order valence-corrected chi connectivity index (χ4v) is 9.19. The number of hydroxylamine groups is 2. The molecule has 0 spiro atoms. The smallest absolute Gasteiger partial charge is 0.333 e. The SMILES string of the molecule is COCCN1c2cc3c(cc2C(C)=CC1(C)C)/C(=C/C=C/C=C/C1=[N+](CCCCCC(=O)ON2C(=O)CCC2=O)c2ccc(S(=O)(=O)[O-])cc2C1(C)C)C=C(c1ccccc1)O3. The van der Waals surface area contributed by atoms with Crippen molar-refractivity contribution in [3.8, 4) is 5.75 Å². The number of nitrogens with zero attached hydrogens (tertiary/aromatic N) is 3. The van der Waals surface area contributed by atoms with Gasteiger partial charge in [-0.3, -0.25) is 9.59 Å². The van der Waals surface area contributed by atoms with Gasteiger partial charge in [-0.15, -0.1) is 5.06 Å². The second-order valence-electron chi connectivity index (χ2n) is 17.0. The molecule has 324 valence electrons. The number of hydrogen-bond acceptors (Lipinski definition) is 10. The number of benzene rings is 3. The lowest BCUT2D eigenvalue weighted by atomic mass is 9.81. The van der Waals surface area contributed by atoms with Crippen molar-refractivity contribution in [1.82, 2.24) is 5.06 Å². The van der Waals surface area contributed by atoms with E-state index in [4.69, 9.17) is 14.3 Å². The zero-order chi connectivity index (χ0) is 44.4. The zero-order valence-corrected chi connectivity index (χ0v) is 36.9. The van der Waals surface area contributed by atoms with E-state index < -0.39 is 33.3 Å². The molecule has 2 amide bonds. The predicted octanol–water partition coefficient (Wildman–Crippen LogP) is 8.41. The largest absolute Gasteiger partial charge is 0.744 e. The van der Waals surface area contributed by atoms with Gasteiger partial charge in [0.05, 0.1) is 22.5 Å². The van der Waals surface area contributed by atoms with Gasteiger partial charge in [-0.2, -0.15) is 4.58 Å². The van der Waals surface area contributed by atoms with Crippen LogP contribution in [-0.2, 0) is 39.5 Å². The van der Waals surface area contributed by atoms with Gasteiger partial charge in [0.2, 0.25) is 5.69 Å². The Morgan fingerprint density at radius 1 is 0.935 bits per heavy atom. The van der Waals surface area contributed by atoms with E-state index >= 15 is 0 Å². The van der Waals surface area contributed by atoms with Crippen LogP contribution in [0.15, 0.2) is 108 Å². The molecule has 0 bridgehead atoms. The summed E-state index contributed by atoms with van der Waals surface area (Å²) in [6.07, 6.45) is 16.2. The first kappa shape index (κ1) is 44.2. The Morgan fingerprint density at radius 2 is 1.68 bits per heavy atom. The Bertz CT molecular complexity index is 2580. The molecule has 7 rings (SSSR count). The lowest BCUT2D eigenvalue weighted by Crippen LogP contribution is -2.46. The highest BCUT2D eigenvalue weighted by Gasteiger charge is 2.44. The predicted molar refractivity (Wildman–Crippen MR) is 238 cm³/mol. The Hall–Kier alpha value is -5.89. The Kier molecular flexibility index (Phi) is 12.7. The second-order valence-corrected chi connectivity index (χ2v) is 18.4. The maximum absolute atomic E-state index is 12.4. The van der Waals surface area contributed by atoms with Gasteiger partial charge in [-0.1, -0.05) is 60.7 Å². The van der Waals surface area contributed by atoms with Crippen molar-refractivity contribution in [2.45, 2.75) is 89.0 Å². The first-order chi connectivity index (χ1) is 29.5. The molecule has 0 aromatic heterocycles. The number of allylic oxidation sites excluding steroid dienone is 8. The van der Waals surface area contributed by atoms with Crippen molar-refractivity contribution in [2.75, 3.05) is 31.7 Å². The number of amides is 2. The molecular weight excluding hydrogens is 807 g/mol. The van der Waals surface area contributed by atoms with Crippen LogP contribution in [-0.4, -0.2) is 78.4 Å². The highest BCUT2D eigenvalue weighted by Crippen LogP contribution is 2.47. The summed E-state index contributed by atoms with van der Waals surface area (Å²) in [7, 11) is -2.97. The van der Waals surface area contributed by atoms with E-state index in [1.165, 1.54) is 17.7 Å². The van der Waals surface area contributed by atoms with Crippen LogP contribution in [0.4, 0.5) is 11.4 Å². The molecule has 4 aliphatic rings. The number of imide groups is 1. The molecule has 4 aliphatic heterocycles. The van der Waals surface area contributed by atoms with Crippen LogP contribution >= 0.6 is 0 Å². The highest BCUT2D eigenvalue weighted by molar-refractivity contribution is 7.85. The number of ether oxygens (including phenoxy) is 2. The molecule has 0 atom stereocenters. The van der Waals surface area contributed by atoms with Crippen molar-refractivity contribution in [3.05, 3.63) is 125 Å². The number of carbonyl (C=O) groups excluding carboxylic acids is 3. The number of hydrogen-bond donors (Lipinski definition) is 0. The number of rotatable bonds is 15. The third-order valence-corrected chi connectivity index (χ3v) is 12.7. The molecule has 3 aromatic rings. The lowest BCUT2D eigenvalue weighted by molar-refractivity contribution is -0.438. The Morgan fingerprint density at radius 3 is 2.39 bits per heavy atom. The van der Waals surface area contributed by atoms with Crippen molar-refractivity contribution >= 4 is 61.9 Å². The molecule has 0 N–H and O–H groups in total. The zero-order valence-electron chi connectivity index (χ0n) is 36.1. The number of anilines is 1. The van der Waals surface area contributed by atoms with Crippen molar-refractivity contribution < 1.29 is 46.2 Å². The third-order valence-electron chi connectivity index (χ3n) is 11.8. The summed E-state index contributed by atoms with van der Waals surface area (Å²) in [5, 5.41) is 0.561. The topological polar surface area (TPSA) is 146 Å². The van der Waals surface area contributed by atoms with E-state index in [1.807, 2.05) is 68.5 Å². The number of methoxy groups -OCH3 is 1. The van der Waals surface area contributed by atoms with Crippen molar-refractivity contribution in [2.24, 2.45) is 0 Å². The molecule has 0 aliphatic carbocycles. The minimum Gasteiger partial charge on any atom is -0.744 e. The summed E-state index contributed by atoms with van der Waals surface area (Å²) < 4.78 is 50.5. The molecule has 0 saturated carbocycles. The summed E-state index contributed by atoms with van der Waals surface area (Å²) in [6.45, 7) is 12.4. The summed E-state index contributed by atoms with van der Waals surface area (Å²) in [5.41, 5.74) is 7.88. The van der Waals surface area contributed by atoms with E-state index in [1.54, 1.807) is 13.2 Å². The third kappa shape index (κ3) is 9.16. The summed E-state index contributed by atoms with van der Waals surface area (Å²) in [5.74, 6) is -0.168. The van der Waals surface area contributed by atoms with Crippen LogP contribution in [0.1, 0.15) is 95.4 Å². The minimum absolute atomic E-state index is 0.0348. The first-order valence-corrected chi connectivity index (χ1v) is 22.4. The molecule has 62 heavy (non-hydrogen) atoms. The van der Waals surface area contributed by atoms with Gasteiger partial charge in [0, 0.05) is 85.5 Å². The van der Waals surface area contributed by atoms with E-state index in [0.717, 1.165) is 63.0 Å². The normalized spacial score (nSPS) is 18.6. The number of carbonyl (C=O) groups is 3. The van der Waals surface area contributed by atoms with Crippen LogP contribution in [0.2, 0.25) is 0 Å². The molecule has 4 heterocycles. The number of fused-ring (bicyclic) bond motifs is 3. The maximum Gasteiger partial charge on any atom is 0.333 e. The summed E-state index contributed by atoms with van der Waals surface area (Å²) in [6, 6.07) is 18.9. The molecule has 0 unspecified atom stereocenters. The van der Waals surface area contributed by atoms with Crippen LogP contribution in [0.5, 0.6) is 5.75 Å². The standard InChI is InChI=1S/C49H53N3O9S/c1-33-32-48(2,3)51(26-27-59-6)41-31-43-38(30-37(33)41)35(28-42(60-43)34-16-10-7-11-17-34)18-12-8-13-19-44-49(4,5)39-29-36(62(56,57)58)21-22-40(39)50(44)25-15-9-14-20-47(55)61-52-45(53)23-24-46(52)54/h7-8,10-13,16-19,21-22,28-32H,9,14-15,20,23-27H2,1-6H3. The van der Waals surface area contributed by atoms with Gasteiger partial charge in [0.1, 0.15) is 28.2 Å². The Labute approximate surface area is 363 Å². The summed E-state index contributed by atoms with van der Waals surface area (Å²) in [4.78, 5) is 43.1. The molecule has 1 saturated heterocycles. The average molecular weight is 860 g/mol. The van der Waals surface area contributed by atoms with Crippen LogP contribution in [0.25, 0.3) is 16.9 Å². The van der Waals surface area contributed by atoms with Gasteiger partial charge < -0.3 is 23.8 Å². The fourth-order valence-electron chi connectivity index (χ4n) is 8.70. The van der Waals surface area contributed by atoms with E-state index in [-0.39, 0.29) is 29.7 Å². The van der Waals surface area contributed by atoms with E-state index in [2.05, 4.69) is 60.6 Å². The molecule has 3 aromatic carbocycles. The van der Waals surface area contributed by atoms with Crippen molar-refractivity contribution in [1.29, 1.82) is 0 Å². The van der Waals surface area contributed by atoms with Gasteiger partial charge in [0.25, 0.3) is 11.8 Å². The van der Waals surface area contributed by atoms with E-state index in [0.29, 0.717) is 37.5 Å². The molecule has 12 nitrogen and oxygen atoms in total. The fraction of sp³-hybridized carbons (Fsp3) is 0.347. The van der Waals surface area contributed by atoms with Crippen LogP contribution in [0, 0.1) is 0 Å². The molecular formula is C49H53N3O9S. The Balaban J connectivity index is 1.16. The molecule has 13 heteroatoms. The van der Waals surface area contributed by atoms with Gasteiger partial charge in [0.15, 0.2) is 5.71 Å². The highest BCUT2D eigenvalue weighted by atomic mass is 32.2. The van der Waals surface area contributed by atoms with Crippen molar-refractivity contribution in [3.63, 3.8) is 0 Å². The summed E-state index contributed by atoms with van der Waals surface area (Å²) >= 11 is 0.